The summed E-state index contributed by atoms with van der Waals surface area (Å²) in [4.78, 5) is 15.0. The molecule has 1 amide bonds. The summed E-state index contributed by atoms with van der Waals surface area (Å²) in [5.41, 5.74) is 3.04. The summed E-state index contributed by atoms with van der Waals surface area (Å²) < 4.78 is 23.0. The van der Waals surface area contributed by atoms with Crippen LogP contribution in [0.25, 0.3) is 0 Å². The van der Waals surface area contributed by atoms with Gasteiger partial charge in [-0.3, -0.25) is 9.69 Å². The molecule has 0 saturated carbocycles. The van der Waals surface area contributed by atoms with Gasteiger partial charge in [-0.1, -0.05) is 19.1 Å². The zero-order valence-electron chi connectivity index (χ0n) is 22.2. The first-order valence-electron chi connectivity index (χ1n) is 12.3. The van der Waals surface area contributed by atoms with Crippen molar-refractivity contribution >= 4 is 15.6 Å². The van der Waals surface area contributed by atoms with E-state index in [0.717, 1.165) is 37.1 Å². The van der Waals surface area contributed by atoms with Crippen LogP contribution in [0.2, 0.25) is 0 Å². The van der Waals surface area contributed by atoms with E-state index in [4.69, 9.17) is 4.74 Å². The highest BCUT2D eigenvalue weighted by Gasteiger charge is 2.32. The first-order chi connectivity index (χ1) is 16.2. The second-order valence-electron chi connectivity index (χ2n) is 11.2. The van der Waals surface area contributed by atoms with Crippen LogP contribution in [-0.4, -0.2) is 37.5 Å². The lowest BCUT2D eigenvalue weighted by atomic mass is 9.93. The summed E-state index contributed by atoms with van der Waals surface area (Å²) in [6.45, 7) is 13.9. The predicted molar refractivity (Wildman–Crippen MR) is 141 cm³/mol. The molecule has 6 nitrogen and oxygen atoms in total. The fourth-order valence-electron chi connectivity index (χ4n) is 4.28. The summed E-state index contributed by atoms with van der Waals surface area (Å²) in [5.74, 6) is 0.373. The molecule has 1 N–H and O–H groups in total. The molecule has 0 spiro atoms. The average Bonchev–Trinajstić information content (AvgIpc) is 3.18. The van der Waals surface area contributed by atoms with E-state index in [2.05, 4.69) is 23.1 Å². The summed E-state index contributed by atoms with van der Waals surface area (Å²) >= 11 is 0. The van der Waals surface area contributed by atoms with Crippen molar-refractivity contribution in [2.24, 2.45) is 4.36 Å². The lowest BCUT2D eigenvalue weighted by Gasteiger charge is -2.35. The van der Waals surface area contributed by atoms with E-state index < -0.39 is 9.73 Å². The Hall–Kier alpha value is -2.38. The van der Waals surface area contributed by atoms with Gasteiger partial charge in [-0.25, -0.2) is 4.21 Å². The number of phenolic OH excluding ortho intramolecular Hbond substituents is 1. The molecule has 1 atom stereocenters. The molecule has 35 heavy (non-hydrogen) atoms. The average molecular weight is 501 g/mol. The van der Waals surface area contributed by atoms with Crippen molar-refractivity contribution in [2.45, 2.75) is 96.4 Å². The van der Waals surface area contributed by atoms with Gasteiger partial charge < -0.3 is 9.84 Å². The molecular weight excluding hydrogens is 460 g/mol. The minimum Gasteiger partial charge on any atom is -0.504 e. The summed E-state index contributed by atoms with van der Waals surface area (Å²) in [6, 6.07) is 11.4. The van der Waals surface area contributed by atoms with Crippen LogP contribution in [0.5, 0.6) is 11.5 Å². The van der Waals surface area contributed by atoms with Crippen molar-refractivity contribution in [2.75, 3.05) is 6.26 Å². The summed E-state index contributed by atoms with van der Waals surface area (Å²) in [5, 5.41) is 10.2. The second kappa shape index (κ2) is 10.3. The van der Waals surface area contributed by atoms with Crippen molar-refractivity contribution in [1.29, 1.82) is 0 Å². The van der Waals surface area contributed by atoms with Crippen LogP contribution < -0.4 is 4.74 Å². The highest BCUT2D eigenvalue weighted by atomic mass is 32.2. The van der Waals surface area contributed by atoms with Crippen LogP contribution in [0.15, 0.2) is 45.7 Å². The second-order valence-corrected chi connectivity index (χ2v) is 13.4. The minimum absolute atomic E-state index is 0.0722. The Kier molecular flexibility index (Phi) is 8.02. The Morgan fingerprint density at radius 2 is 1.77 bits per heavy atom. The zero-order valence-corrected chi connectivity index (χ0v) is 23.0. The third-order valence-corrected chi connectivity index (χ3v) is 8.08. The molecule has 0 aliphatic carbocycles. The highest BCUT2D eigenvalue weighted by molar-refractivity contribution is 7.93. The van der Waals surface area contributed by atoms with Gasteiger partial charge in [-0.05, 0) is 94.8 Å². The van der Waals surface area contributed by atoms with E-state index in [1.165, 1.54) is 5.56 Å². The number of fused-ring (bicyclic) bond motifs is 1. The van der Waals surface area contributed by atoms with Gasteiger partial charge >= 0.3 is 0 Å². The lowest BCUT2D eigenvalue weighted by Crippen LogP contribution is -2.40. The largest absolute Gasteiger partial charge is 0.504 e. The van der Waals surface area contributed by atoms with Gasteiger partial charge in [-0.15, -0.1) is 0 Å². The van der Waals surface area contributed by atoms with Gasteiger partial charge in [0.05, 0.1) is 9.73 Å². The first-order valence-corrected chi connectivity index (χ1v) is 14.3. The highest BCUT2D eigenvalue weighted by Crippen LogP contribution is 2.35. The number of carbonyl (C=O) groups excluding carboxylic acids is 1. The van der Waals surface area contributed by atoms with E-state index in [9.17, 15) is 14.1 Å². The fraction of sp³-hybridized carbons (Fsp3) is 0.536. The standard InChI is InChI=1S/C28H40N2O4S/c1-8-9-26(32)29-35(7,33)23-12-11-21-18-30(19-22(21)17-23)28(5,6)15-14-20-10-13-24(31)25(16-20)34-27(2,3)4/h10-13,16-17,31H,8-9,14-15,18-19H2,1-7H3. The molecular formula is C28H40N2O4S. The van der Waals surface area contributed by atoms with Crippen LogP contribution in [0, 0.1) is 0 Å². The summed E-state index contributed by atoms with van der Waals surface area (Å²) in [6.07, 6.45) is 4.35. The van der Waals surface area contributed by atoms with Crippen LogP contribution >= 0.6 is 0 Å². The molecule has 0 saturated heterocycles. The third kappa shape index (κ3) is 7.07. The Labute approximate surface area is 210 Å². The number of nitrogens with zero attached hydrogens (tertiary/aromatic N) is 2. The van der Waals surface area contributed by atoms with E-state index in [-0.39, 0.29) is 22.8 Å². The Morgan fingerprint density at radius 3 is 2.43 bits per heavy atom. The molecule has 1 unspecified atom stereocenters. The Bertz CT molecular complexity index is 1200. The van der Waals surface area contributed by atoms with Crippen LogP contribution in [0.1, 0.15) is 77.5 Å². The van der Waals surface area contributed by atoms with E-state index >= 15 is 0 Å². The van der Waals surface area contributed by atoms with Gasteiger partial charge in [0.25, 0.3) is 5.91 Å². The Morgan fingerprint density at radius 1 is 1.09 bits per heavy atom. The monoisotopic (exact) mass is 500 g/mol. The number of rotatable bonds is 8. The number of phenols is 1. The first kappa shape index (κ1) is 27.2. The number of carbonyl (C=O) groups is 1. The number of hydrogen-bond acceptors (Lipinski definition) is 5. The van der Waals surface area contributed by atoms with Crippen molar-refractivity contribution in [3.8, 4) is 11.5 Å². The minimum atomic E-state index is -2.75. The quantitative estimate of drug-likeness (QED) is 0.475. The van der Waals surface area contributed by atoms with Crippen molar-refractivity contribution in [3.05, 3.63) is 53.1 Å². The van der Waals surface area contributed by atoms with Crippen molar-refractivity contribution < 1.29 is 18.8 Å². The van der Waals surface area contributed by atoms with Gasteiger partial charge in [0.2, 0.25) is 0 Å². The smallest absolute Gasteiger partial charge is 0.254 e. The van der Waals surface area contributed by atoms with E-state index in [1.54, 1.807) is 12.3 Å². The molecule has 0 aromatic heterocycles. The molecule has 1 aliphatic heterocycles. The third-order valence-electron chi connectivity index (χ3n) is 6.40. The molecule has 192 valence electrons. The van der Waals surface area contributed by atoms with Crippen LogP contribution in [0.4, 0.5) is 0 Å². The number of aromatic hydroxyl groups is 1. The molecule has 2 aromatic carbocycles. The van der Waals surface area contributed by atoms with Crippen molar-refractivity contribution in [3.63, 3.8) is 0 Å². The van der Waals surface area contributed by atoms with Gasteiger partial charge in [0.1, 0.15) is 5.60 Å². The van der Waals surface area contributed by atoms with Gasteiger partial charge in [0.15, 0.2) is 11.5 Å². The maximum atomic E-state index is 13.1. The SMILES string of the molecule is CCCC(=O)N=S(C)(=O)c1ccc2c(c1)CN(C(C)(C)CCc1ccc(O)c(OC(C)(C)C)c1)C2. The molecule has 0 bridgehead atoms. The zero-order chi connectivity index (χ0) is 26.0. The lowest BCUT2D eigenvalue weighted by molar-refractivity contribution is -0.117. The number of amides is 1. The van der Waals surface area contributed by atoms with Crippen molar-refractivity contribution in [1.82, 2.24) is 4.90 Å². The predicted octanol–water partition coefficient (Wildman–Crippen LogP) is 6.08. The molecule has 1 heterocycles. The normalized spacial score (nSPS) is 16.0. The number of benzene rings is 2. The molecule has 0 radical (unpaired) electrons. The maximum Gasteiger partial charge on any atom is 0.254 e. The maximum absolute atomic E-state index is 13.1. The molecule has 3 rings (SSSR count). The van der Waals surface area contributed by atoms with Crippen LogP contribution in [-0.2, 0) is 34.0 Å². The Balaban J connectivity index is 1.71. The summed E-state index contributed by atoms with van der Waals surface area (Å²) in [7, 11) is -2.75. The molecule has 0 fully saturated rings. The topological polar surface area (TPSA) is 79.2 Å². The van der Waals surface area contributed by atoms with Crippen LogP contribution in [0.3, 0.4) is 0 Å². The fourth-order valence-corrected chi connectivity index (χ4v) is 5.54. The van der Waals surface area contributed by atoms with E-state index in [1.807, 2.05) is 58.0 Å². The van der Waals surface area contributed by atoms with Gasteiger partial charge in [-0.2, -0.15) is 4.36 Å². The number of aryl methyl sites for hydroxylation is 1. The van der Waals surface area contributed by atoms with Gasteiger partial charge in [0, 0.05) is 36.2 Å². The molecule has 1 aliphatic rings. The molecule has 7 heteroatoms. The number of ether oxygens (including phenoxy) is 1. The molecule has 2 aromatic rings. The van der Waals surface area contributed by atoms with E-state index in [0.29, 0.717) is 23.5 Å². The number of hydrogen-bond donors (Lipinski definition) is 1.